The van der Waals surface area contributed by atoms with E-state index in [0.717, 1.165) is 11.3 Å². The van der Waals surface area contributed by atoms with Gasteiger partial charge in [0.25, 0.3) is 5.91 Å². The first kappa shape index (κ1) is 15.3. The van der Waals surface area contributed by atoms with Crippen molar-refractivity contribution in [1.82, 2.24) is 4.90 Å². The lowest BCUT2D eigenvalue weighted by Gasteiger charge is -2.21. The maximum absolute atomic E-state index is 11.8. The van der Waals surface area contributed by atoms with Crippen molar-refractivity contribution in [1.29, 1.82) is 0 Å². The highest BCUT2D eigenvalue weighted by Crippen LogP contribution is 2.23. The molecule has 1 rings (SSSR count). The lowest BCUT2D eigenvalue weighted by Crippen LogP contribution is -2.36. The molecule has 0 heterocycles. The van der Waals surface area contributed by atoms with Crippen LogP contribution in [0.3, 0.4) is 0 Å². The number of hydrogen-bond acceptors (Lipinski definition) is 4. The molecule has 1 amide bonds. The molecular weight excluding hydrogens is 244 g/mol. The number of benzene rings is 1. The molecule has 1 aromatic rings. The summed E-state index contributed by atoms with van der Waals surface area (Å²) in [5, 5.41) is 0. The van der Waals surface area contributed by atoms with E-state index in [2.05, 4.69) is 0 Å². The van der Waals surface area contributed by atoms with Gasteiger partial charge in [0.15, 0.2) is 6.61 Å². The molecule has 0 aliphatic rings. The van der Waals surface area contributed by atoms with Crippen molar-refractivity contribution in [3.8, 4) is 11.5 Å². The Hall–Kier alpha value is -1.75. The molecule has 0 bridgehead atoms. The smallest absolute Gasteiger partial charge is 0.260 e. The highest BCUT2D eigenvalue weighted by Gasteiger charge is 2.13. The third-order valence-corrected chi connectivity index (χ3v) is 3.01. The number of nitrogens with zero attached hydrogens (tertiary/aromatic N) is 1. The van der Waals surface area contributed by atoms with E-state index in [1.54, 1.807) is 31.2 Å². The van der Waals surface area contributed by atoms with Crippen molar-refractivity contribution in [3.63, 3.8) is 0 Å². The Labute approximate surface area is 114 Å². The minimum absolute atomic E-state index is 0.00795. The minimum atomic E-state index is -0.0613. The van der Waals surface area contributed by atoms with Gasteiger partial charge in [-0.25, -0.2) is 0 Å². The van der Waals surface area contributed by atoms with E-state index in [4.69, 9.17) is 15.2 Å². The van der Waals surface area contributed by atoms with Crippen molar-refractivity contribution in [2.24, 2.45) is 5.73 Å². The van der Waals surface area contributed by atoms with Crippen molar-refractivity contribution >= 4 is 5.91 Å². The second-order valence-corrected chi connectivity index (χ2v) is 4.56. The second-order valence-electron chi connectivity index (χ2n) is 4.56. The molecule has 0 radical (unpaired) electrons. The van der Waals surface area contributed by atoms with Gasteiger partial charge in [0, 0.05) is 25.2 Å². The van der Waals surface area contributed by atoms with Gasteiger partial charge >= 0.3 is 0 Å². The van der Waals surface area contributed by atoms with Crippen LogP contribution in [-0.4, -0.2) is 37.6 Å². The number of nitrogens with two attached hydrogens (primary N) is 1. The summed E-state index contributed by atoms with van der Waals surface area (Å²) in [5.74, 6) is 1.28. The van der Waals surface area contributed by atoms with Gasteiger partial charge in [0.05, 0.1) is 7.11 Å². The first-order chi connectivity index (χ1) is 8.99. The zero-order chi connectivity index (χ0) is 14.4. The standard InChI is InChI=1S/C14H22N2O3/c1-10(2)16(3)14(17)9-19-13-6-5-12(18-4)7-11(13)8-15/h5-7,10H,8-9,15H2,1-4H3. The fourth-order valence-corrected chi connectivity index (χ4v) is 1.51. The third-order valence-electron chi connectivity index (χ3n) is 3.01. The third kappa shape index (κ3) is 4.13. The van der Waals surface area contributed by atoms with Gasteiger partial charge in [-0.2, -0.15) is 0 Å². The van der Waals surface area contributed by atoms with Crippen LogP contribution in [0.25, 0.3) is 0 Å². The molecule has 2 N–H and O–H groups in total. The quantitative estimate of drug-likeness (QED) is 0.845. The summed E-state index contributed by atoms with van der Waals surface area (Å²) in [4.78, 5) is 13.5. The summed E-state index contributed by atoms with van der Waals surface area (Å²) in [7, 11) is 3.35. The van der Waals surface area contributed by atoms with Crippen LogP contribution in [0.4, 0.5) is 0 Å². The zero-order valence-corrected chi connectivity index (χ0v) is 12.0. The molecule has 0 spiro atoms. The van der Waals surface area contributed by atoms with Gasteiger partial charge in [0.1, 0.15) is 11.5 Å². The molecule has 19 heavy (non-hydrogen) atoms. The van der Waals surface area contributed by atoms with Crippen LogP contribution in [-0.2, 0) is 11.3 Å². The Morgan fingerprint density at radius 2 is 2.11 bits per heavy atom. The van der Waals surface area contributed by atoms with E-state index in [1.165, 1.54) is 0 Å². The van der Waals surface area contributed by atoms with E-state index in [9.17, 15) is 4.79 Å². The van der Waals surface area contributed by atoms with Crippen molar-refractivity contribution in [3.05, 3.63) is 23.8 Å². The van der Waals surface area contributed by atoms with Crippen LogP contribution in [0.15, 0.2) is 18.2 Å². The monoisotopic (exact) mass is 266 g/mol. The summed E-state index contributed by atoms with van der Waals surface area (Å²) < 4.78 is 10.7. The Morgan fingerprint density at radius 1 is 1.42 bits per heavy atom. The van der Waals surface area contributed by atoms with E-state index >= 15 is 0 Å². The normalized spacial score (nSPS) is 10.4. The van der Waals surface area contributed by atoms with Crippen LogP contribution >= 0.6 is 0 Å². The highest BCUT2D eigenvalue weighted by atomic mass is 16.5. The van der Waals surface area contributed by atoms with Gasteiger partial charge in [-0.15, -0.1) is 0 Å². The highest BCUT2D eigenvalue weighted by molar-refractivity contribution is 5.77. The largest absolute Gasteiger partial charge is 0.497 e. The molecule has 0 unspecified atom stereocenters. The molecule has 1 aromatic carbocycles. The van der Waals surface area contributed by atoms with Crippen LogP contribution in [0, 0.1) is 0 Å². The molecule has 0 aliphatic carbocycles. The summed E-state index contributed by atoms with van der Waals surface area (Å²) >= 11 is 0. The van der Waals surface area contributed by atoms with Gasteiger partial charge in [0.2, 0.25) is 0 Å². The number of amides is 1. The predicted octanol–water partition coefficient (Wildman–Crippen LogP) is 1.40. The number of ether oxygens (including phenoxy) is 2. The fraction of sp³-hybridized carbons (Fsp3) is 0.500. The first-order valence-electron chi connectivity index (χ1n) is 6.25. The van der Waals surface area contributed by atoms with Crippen molar-refractivity contribution < 1.29 is 14.3 Å². The van der Waals surface area contributed by atoms with Crippen molar-refractivity contribution in [2.75, 3.05) is 20.8 Å². The fourth-order valence-electron chi connectivity index (χ4n) is 1.51. The van der Waals surface area contributed by atoms with E-state index < -0.39 is 0 Å². The Bertz CT molecular complexity index is 433. The van der Waals surface area contributed by atoms with Crippen LogP contribution in [0.1, 0.15) is 19.4 Å². The lowest BCUT2D eigenvalue weighted by molar-refractivity contribution is -0.133. The van der Waals surface area contributed by atoms with Gasteiger partial charge in [-0.05, 0) is 32.0 Å². The van der Waals surface area contributed by atoms with E-state index in [1.807, 2.05) is 19.9 Å². The molecule has 5 nitrogen and oxygen atoms in total. The second kappa shape index (κ2) is 6.99. The number of methoxy groups -OCH3 is 1. The van der Waals surface area contributed by atoms with Crippen molar-refractivity contribution in [2.45, 2.75) is 26.4 Å². The Balaban J connectivity index is 2.70. The Morgan fingerprint density at radius 3 is 2.63 bits per heavy atom. The summed E-state index contributed by atoms with van der Waals surface area (Å²) in [6.45, 7) is 4.25. The van der Waals surface area contributed by atoms with Crippen LogP contribution in [0.5, 0.6) is 11.5 Å². The van der Waals surface area contributed by atoms with Crippen LogP contribution < -0.4 is 15.2 Å². The molecule has 0 saturated heterocycles. The number of carbonyl (C=O) groups is 1. The summed E-state index contributed by atoms with van der Waals surface area (Å²) in [6.07, 6.45) is 0. The average molecular weight is 266 g/mol. The molecule has 0 fully saturated rings. The average Bonchev–Trinajstić information content (AvgIpc) is 2.43. The zero-order valence-electron chi connectivity index (χ0n) is 12.0. The molecule has 0 aliphatic heterocycles. The molecule has 0 aromatic heterocycles. The maximum Gasteiger partial charge on any atom is 0.260 e. The molecule has 0 saturated carbocycles. The first-order valence-corrected chi connectivity index (χ1v) is 6.25. The number of likely N-dealkylation sites (N-methyl/N-ethyl adjacent to an activating group) is 1. The van der Waals surface area contributed by atoms with E-state index in [0.29, 0.717) is 12.3 Å². The Kier molecular flexibility index (Phi) is 5.63. The topological polar surface area (TPSA) is 64.8 Å². The van der Waals surface area contributed by atoms with Crippen LogP contribution in [0.2, 0.25) is 0 Å². The minimum Gasteiger partial charge on any atom is -0.497 e. The molecule has 106 valence electrons. The van der Waals surface area contributed by atoms with Gasteiger partial charge < -0.3 is 20.1 Å². The summed E-state index contributed by atoms with van der Waals surface area (Å²) in [6, 6.07) is 5.52. The maximum atomic E-state index is 11.8. The molecule has 0 atom stereocenters. The lowest BCUT2D eigenvalue weighted by atomic mass is 10.2. The van der Waals surface area contributed by atoms with Gasteiger partial charge in [-0.3, -0.25) is 4.79 Å². The molecule has 5 heteroatoms. The number of carbonyl (C=O) groups excluding carboxylic acids is 1. The SMILES string of the molecule is COc1ccc(OCC(=O)N(C)C(C)C)c(CN)c1. The summed E-state index contributed by atoms with van der Waals surface area (Å²) in [5.41, 5.74) is 6.48. The predicted molar refractivity (Wildman–Crippen MR) is 74.3 cm³/mol. The number of rotatable bonds is 6. The van der Waals surface area contributed by atoms with E-state index in [-0.39, 0.29) is 18.6 Å². The molecular formula is C14H22N2O3. The number of hydrogen-bond donors (Lipinski definition) is 1. The van der Waals surface area contributed by atoms with Gasteiger partial charge in [-0.1, -0.05) is 0 Å².